The van der Waals surface area contributed by atoms with E-state index in [2.05, 4.69) is 5.32 Å². The predicted octanol–water partition coefficient (Wildman–Crippen LogP) is 2.25. The number of unbranched alkanes of at least 4 members (excludes halogenated alkanes) is 3. The van der Waals surface area contributed by atoms with Crippen LogP contribution < -0.4 is 5.32 Å². The fraction of sp³-hybridized carbons (Fsp3) is 0.800. The number of hydrogen-bond acceptors (Lipinski definition) is 4. The quantitative estimate of drug-likeness (QED) is 0.354. The Morgan fingerprint density at radius 2 is 1.91 bits per heavy atom. The first-order valence-corrected chi connectivity index (χ1v) is 9.37. The molecule has 0 aromatic rings. The Kier molecular flexibility index (Phi) is 12.1. The molecule has 130 valence electrons. The van der Waals surface area contributed by atoms with Gasteiger partial charge in [0.2, 0.25) is 5.91 Å². The van der Waals surface area contributed by atoms with E-state index < -0.39 is 10.1 Å². The first-order chi connectivity index (χ1) is 10.3. The molecule has 0 aliphatic carbocycles. The van der Waals surface area contributed by atoms with Gasteiger partial charge in [-0.15, -0.1) is 0 Å². The molecule has 0 radical (unpaired) electrons. The maximum Gasteiger partial charge on any atom is 0.287 e. The van der Waals surface area contributed by atoms with Gasteiger partial charge in [0.15, 0.2) is 0 Å². The molecule has 0 saturated carbocycles. The van der Waals surface area contributed by atoms with E-state index in [1.807, 2.05) is 6.92 Å². The molecular formula is C15H29NO5S. The summed E-state index contributed by atoms with van der Waals surface area (Å²) in [5.41, 5.74) is 0. The van der Waals surface area contributed by atoms with E-state index >= 15 is 0 Å². The number of nitrogens with one attached hydrogen (secondary N) is 1. The summed E-state index contributed by atoms with van der Waals surface area (Å²) < 4.78 is 29.6. The van der Waals surface area contributed by atoms with Gasteiger partial charge in [0.1, 0.15) is 0 Å². The normalized spacial score (nSPS) is 13.4. The minimum absolute atomic E-state index is 0.0575. The Balaban J connectivity index is 3.52. The lowest BCUT2D eigenvalue weighted by atomic mass is 9.99. The van der Waals surface area contributed by atoms with Crippen molar-refractivity contribution in [3.8, 4) is 0 Å². The second-order valence-electron chi connectivity index (χ2n) is 5.61. The SMILES string of the molecule is CC(C/C=C/S(=O)(=O)O)CCCCCC(=O)NCCCCO. The van der Waals surface area contributed by atoms with Crippen LogP contribution in [0.25, 0.3) is 0 Å². The summed E-state index contributed by atoms with van der Waals surface area (Å²) in [6.45, 7) is 2.81. The van der Waals surface area contributed by atoms with Crippen LogP contribution in [-0.2, 0) is 14.9 Å². The van der Waals surface area contributed by atoms with Gasteiger partial charge in [0.05, 0.1) is 5.41 Å². The van der Waals surface area contributed by atoms with Gasteiger partial charge in [0.25, 0.3) is 10.1 Å². The van der Waals surface area contributed by atoms with Gasteiger partial charge in [-0.2, -0.15) is 8.42 Å². The molecule has 0 aromatic carbocycles. The topological polar surface area (TPSA) is 104 Å². The van der Waals surface area contributed by atoms with Crippen molar-refractivity contribution in [3.05, 3.63) is 11.5 Å². The summed E-state index contributed by atoms with van der Waals surface area (Å²) in [4.78, 5) is 11.5. The Morgan fingerprint density at radius 1 is 1.18 bits per heavy atom. The number of carbonyl (C=O) groups excluding carboxylic acids is 1. The molecule has 0 aromatic heterocycles. The van der Waals surface area contributed by atoms with Crippen molar-refractivity contribution in [2.45, 2.75) is 58.3 Å². The van der Waals surface area contributed by atoms with Crippen LogP contribution in [0.4, 0.5) is 0 Å². The highest BCUT2D eigenvalue weighted by molar-refractivity contribution is 7.88. The molecule has 1 amide bonds. The predicted molar refractivity (Wildman–Crippen MR) is 86.9 cm³/mol. The second kappa shape index (κ2) is 12.6. The number of allylic oxidation sites excluding steroid dienone is 1. The zero-order valence-corrected chi connectivity index (χ0v) is 14.1. The first-order valence-electron chi connectivity index (χ1n) is 7.86. The Morgan fingerprint density at radius 3 is 2.55 bits per heavy atom. The first kappa shape index (κ1) is 21.1. The van der Waals surface area contributed by atoms with Crippen molar-refractivity contribution in [1.82, 2.24) is 5.32 Å². The highest BCUT2D eigenvalue weighted by Gasteiger charge is 2.03. The second-order valence-corrected chi connectivity index (χ2v) is 6.91. The molecule has 0 heterocycles. The highest BCUT2D eigenvalue weighted by Crippen LogP contribution is 2.14. The molecule has 0 aliphatic heterocycles. The van der Waals surface area contributed by atoms with Gasteiger partial charge in [-0.25, -0.2) is 0 Å². The molecule has 0 aliphatic rings. The zero-order valence-electron chi connectivity index (χ0n) is 13.3. The number of carbonyl (C=O) groups is 1. The Labute approximate surface area is 133 Å². The third kappa shape index (κ3) is 15.5. The zero-order chi connectivity index (χ0) is 16.8. The van der Waals surface area contributed by atoms with Crippen LogP contribution in [0.5, 0.6) is 0 Å². The van der Waals surface area contributed by atoms with Crippen molar-refractivity contribution >= 4 is 16.0 Å². The fourth-order valence-electron chi connectivity index (χ4n) is 2.04. The van der Waals surface area contributed by atoms with E-state index in [0.29, 0.717) is 31.7 Å². The van der Waals surface area contributed by atoms with E-state index in [4.69, 9.17) is 9.66 Å². The summed E-state index contributed by atoms with van der Waals surface area (Å²) in [5, 5.41) is 12.3. The van der Waals surface area contributed by atoms with Crippen LogP contribution in [0.2, 0.25) is 0 Å². The monoisotopic (exact) mass is 335 g/mol. The lowest BCUT2D eigenvalue weighted by Gasteiger charge is -2.08. The summed E-state index contributed by atoms with van der Waals surface area (Å²) in [7, 11) is -4.01. The maximum atomic E-state index is 11.5. The largest absolute Gasteiger partial charge is 0.396 e. The minimum Gasteiger partial charge on any atom is -0.396 e. The number of rotatable bonds is 13. The highest BCUT2D eigenvalue weighted by atomic mass is 32.2. The third-order valence-corrected chi connectivity index (χ3v) is 3.85. The molecule has 22 heavy (non-hydrogen) atoms. The summed E-state index contributed by atoms with van der Waals surface area (Å²) in [6.07, 6.45) is 7.91. The minimum atomic E-state index is -4.01. The van der Waals surface area contributed by atoms with Crippen LogP contribution >= 0.6 is 0 Å². The molecule has 1 atom stereocenters. The molecule has 0 fully saturated rings. The summed E-state index contributed by atoms with van der Waals surface area (Å²) >= 11 is 0. The van der Waals surface area contributed by atoms with Crippen molar-refractivity contribution in [1.29, 1.82) is 0 Å². The van der Waals surface area contributed by atoms with E-state index in [1.54, 1.807) is 0 Å². The van der Waals surface area contributed by atoms with Gasteiger partial charge >= 0.3 is 0 Å². The average Bonchev–Trinajstić information content (AvgIpc) is 2.42. The Bertz CT molecular complexity index is 420. The van der Waals surface area contributed by atoms with Gasteiger partial charge in [-0.05, 0) is 31.6 Å². The fourth-order valence-corrected chi connectivity index (χ4v) is 2.39. The van der Waals surface area contributed by atoms with E-state index in [-0.39, 0.29) is 12.5 Å². The average molecular weight is 335 g/mol. The molecule has 0 bridgehead atoms. The molecule has 0 saturated heterocycles. The van der Waals surface area contributed by atoms with Gasteiger partial charge < -0.3 is 10.4 Å². The number of aliphatic hydroxyl groups excluding tert-OH is 1. The third-order valence-electron chi connectivity index (χ3n) is 3.31. The molecule has 0 rings (SSSR count). The van der Waals surface area contributed by atoms with E-state index in [9.17, 15) is 13.2 Å². The summed E-state index contributed by atoms with van der Waals surface area (Å²) in [5.74, 6) is 0.410. The number of aliphatic hydroxyl groups is 1. The van der Waals surface area contributed by atoms with Crippen LogP contribution in [0.3, 0.4) is 0 Å². The summed E-state index contributed by atoms with van der Waals surface area (Å²) in [6, 6.07) is 0. The molecule has 6 nitrogen and oxygen atoms in total. The van der Waals surface area contributed by atoms with Crippen LogP contribution in [0.1, 0.15) is 58.3 Å². The van der Waals surface area contributed by atoms with Crippen LogP contribution in [-0.4, -0.2) is 37.1 Å². The lowest BCUT2D eigenvalue weighted by molar-refractivity contribution is -0.121. The van der Waals surface area contributed by atoms with Crippen LogP contribution in [0, 0.1) is 5.92 Å². The lowest BCUT2D eigenvalue weighted by Crippen LogP contribution is -2.24. The number of amides is 1. The molecular weight excluding hydrogens is 306 g/mol. The van der Waals surface area contributed by atoms with Gasteiger partial charge in [-0.1, -0.05) is 32.3 Å². The molecule has 3 N–H and O–H groups in total. The number of hydrogen-bond donors (Lipinski definition) is 3. The van der Waals surface area contributed by atoms with Crippen molar-refractivity contribution in [3.63, 3.8) is 0 Å². The molecule has 7 heteroatoms. The Hall–Kier alpha value is -0.920. The molecule has 1 unspecified atom stereocenters. The van der Waals surface area contributed by atoms with Gasteiger partial charge in [0, 0.05) is 19.6 Å². The van der Waals surface area contributed by atoms with E-state index in [0.717, 1.165) is 37.5 Å². The molecule has 0 spiro atoms. The maximum absolute atomic E-state index is 11.5. The van der Waals surface area contributed by atoms with Crippen molar-refractivity contribution in [2.24, 2.45) is 5.92 Å². The standard InChI is InChI=1S/C15H29NO5S/c1-14(9-7-13-22(19,20)21)8-3-2-4-10-15(18)16-11-5-6-12-17/h7,13-14,17H,2-6,8-12H2,1H3,(H,16,18)(H,19,20,21)/b13-7+. The van der Waals surface area contributed by atoms with Gasteiger partial charge in [-0.3, -0.25) is 9.35 Å². The van der Waals surface area contributed by atoms with Crippen LogP contribution in [0.15, 0.2) is 11.5 Å². The van der Waals surface area contributed by atoms with Crippen molar-refractivity contribution in [2.75, 3.05) is 13.2 Å². The van der Waals surface area contributed by atoms with E-state index in [1.165, 1.54) is 6.08 Å². The van der Waals surface area contributed by atoms with Crippen molar-refractivity contribution < 1.29 is 22.9 Å². The smallest absolute Gasteiger partial charge is 0.287 e.